The van der Waals surface area contributed by atoms with Gasteiger partial charge in [0.05, 0.1) is 6.04 Å². The summed E-state index contributed by atoms with van der Waals surface area (Å²) in [5.41, 5.74) is 0.0540. The molecule has 4 rings (SSSR count). The summed E-state index contributed by atoms with van der Waals surface area (Å²) in [5.74, 6) is -1.46. The van der Waals surface area contributed by atoms with Gasteiger partial charge in [0.15, 0.2) is 0 Å². The monoisotopic (exact) mass is 568 g/mol. The molecule has 1 amide bonds. The Morgan fingerprint density at radius 1 is 0.950 bits per heavy atom. The maximum atomic E-state index is 13.8. The molecule has 1 aliphatic rings. The van der Waals surface area contributed by atoms with Crippen molar-refractivity contribution in [3.05, 3.63) is 89.2 Å². The van der Waals surface area contributed by atoms with E-state index in [0.29, 0.717) is 11.3 Å². The lowest BCUT2D eigenvalue weighted by molar-refractivity contribution is -0.253. The molecule has 1 aromatic heterocycles. The number of nitrogens with zero attached hydrogens (tertiary/aromatic N) is 2. The van der Waals surface area contributed by atoms with Gasteiger partial charge in [0.2, 0.25) is 5.91 Å². The standard InChI is InChI=1S/C29H27F7N2O2/c1-17-10-12-20(13-11-17)38-22(18-6-4-7-21(14-18)40-29(35,36)26(30)31)15-19(25(38)39)16-27(2,3)23-8-5-9-24(37-23)28(32,33)34/h4-14,19,22,26H,15-16H2,1-3H3/t19-,22+/m0/s1. The Morgan fingerprint density at radius 2 is 1.57 bits per heavy atom. The van der Waals surface area contributed by atoms with Crippen molar-refractivity contribution >= 4 is 11.6 Å². The van der Waals surface area contributed by atoms with Crippen molar-refractivity contribution < 1.29 is 40.3 Å². The number of aromatic nitrogens is 1. The van der Waals surface area contributed by atoms with Crippen LogP contribution in [-0.2, 0) is 16.4 Å². The molecule has 0 spiro atoms. The van der Waals surface area contributed by atoms with Crippen LogP contribution in [0.5, 0.6) is 5.75 Å². The average Bonchev–Trinajstić information content (AvgIpc) is 3.19. The first-order chi connectivity index (χ1) is 18.6. The van der Waals surface area contributed by atoms with Crippen LogP contribution in [0.15, 0.2) is 66.7 Å². The van der Waals surface area contributed by atoms with Gasteiger partial charge in [-0.1, -0.05) is 49.7 Å². The molecule has 2 atom stereocenters. The van der Waals surface area contributed by atoms with Gasteiger partial charge in [0.1, 0.15) is 11.4 Å². The maximum absolute atomic E-state index is 13.8. The van der Waals surface area contributed by atoms with Crippen LogP contribution in [0, 0.1) is 12.8 Å². The Balaban J connectivity index is 1.68. The molecular formula is C29H27F7N2O2. The highest BCUT2D eigenvalue weighted by atomic mass is 19.4. The third kappa shape index (κ3) is 6.23. The van der Waals surface area contributed by atoms with E-state index in [0.717, 1.165) is 17.7 Å². The van der Waals surface area contributed by atoms with Gasteiger partial charge < -0.3 is 9.64 Å². The van der Waals surface area contributed by atoms with Gasteiger partial charge in [-0.25, -0.2) is 4.98 Å². The van der Waals surface area contributed by atoms with Crippen LogP contribution >= 0.6 is 0 Å². The zero-order chi connectivity index (χ0) is 29.5. The summed E-state index contributed by atoms with van der Waals surface area (Å²) in [4.78, 5) is 19.1. The van der Waals surface area contributed by atoms with Crippen LogP contribution in [0.1, 0.15) is 55.2 Å². The van der Waals surface area contributed by atoms with E-state index >= 15 is 0 Å². The number of alkyl halides is 7. The molecule has 1 aliphatic heterocycles. The second-order valence-corrected chi connectivity index (χ2v) is 10.5. The summed E-state index contributed by atoms with van der Waals surface area (Å²) in [6, 6.07) is 15.3. The zero-order valence-electron chi connectivity index (χ0n) is 21.9. The molecule has 0 radical (unpaired) electrons. The molecule has 4 nitrogen and oxygen atoms in total. The Kier molecular flexibility index (Phi) is 7.88. The number of carbonyl (C=O) groups is 1. The minimum atomic E-state index is -4.70. The number of amides is 1. The molecule has 1 fully saturated rings. The first kappa shape index (κ1) is 29.4. The molecule has 2 aromatic carbocycles. The topological polar surface area (TPSA) is 42.4 Å². The normalized spacial score (nSPS) is 18.5. The Hall–Kier alpha value is -3.63. The number of carbonyl (C=O) groups excluding carboxylic acids is 1. The van der Waals surface area contributed by atoms with Crippen molar-refractivity contribution in [2.75, 3.05) is 4.90 Å². The summed E-state index contributed by atoms with van der Waals surface area (Å²) in [6.45, 7) is 5.27. The summed E-state index contributed by atoms with van der Waals surface area (Å²) in [6.07, 6.45) is -13.0. The zero-order valence-corrected chi connectivity index (χ0v) is 21.9. The fourth-order valence-corrected chi connectivity index (χ4v) is 4.97. The van der Waals surface area contributed by atoms with Crippen molar-refractivity contribution in [3.8, 4) is 5.75 Å². The fourth-order valence-electron chi connectivity index (χ4n) is 4.97. The molecule has 0 saturated carbocycles. The lowest BCUT2D eigenvalue weighted by Gasteiger charge is -2.28. The van der Waals surface area contributed by atoms with E-state index in [4.69, 9.17) is 0 Å². The van der Waals surface area contributed by atoms with E-state index in [2.05, 4.69) is 9.72 Å². The minimum Gasteiger partial charge on any atom is -0.428 e. The number of halogens is 7. The summed E-state index contributed by atoms with van der Waals surface area (Å²) < 4.78 is 96.7. The third-order valence-corrected chi connectivity index (χ3v) is 6.96. The average molecular weight is 569 g/mol. The van der Waals surface area contributed by atoms with Crippen LogP contribution in [0.4, 0.5) is 36.4 Å². The van der Waals surface area contributed by atoms with Crippen molar-refractivity contribution in [2.45, 2.75) is 63.8 Å². The second-order valence-electron chi connectivity index (χ2n) is 10.5. The molecule has 0 N–H and O–H groups in total. The first-order valence-electron chi connectivity index (χ1n) is 12.5. The van der Waals surface area contributed by atoms with Crippen molar-refractivity contribution in [1.29, 1.82) is 0 Å². The van der Waals surface area contributed by atoms with Gasteiger partial charge in [-0.05, 0) is 61.7 Å². The second kappa shape index (κ2) is 10.7. The van der Waals surface area contributed by atoms with Gasteiger partial charge in [-0.15, -0.1) is 0 Å². The fraction of sp³-hybridized carbons (Fsp3) is 0.379. The summed E-state index contributed by atoms with van der Waals surface area (Å²) in [7, 11) is 0. The van der Waals surface area contributed by atoms with E-state index in [1.54, 1.807) is 44.2 Å². The first-order valence-corrected chi connectivity index (χ1v) is 12.5. The highest BCUT2D eigenvalue weighted by molar-refractivity contribution is 5.98. The van der Waals surface area contributed by atoms with Gasteiger partial charge in [0, 0.05) is 22.7 Å². The molecule has 0 aliphatic carbocycles. The highest BCUT2D eigenvalue weighted by Gasteiger charge is 2.46. The smallest absolute Gasteiger partial charge is 0.428 e. The summed E-state index contributed by atoms with van der Waals surface area (Å²) >= 11 is 0. The van der Waals surface area contributed by atoms with Crippen LogP contribution in [0.25, 0.3) is 0 Å². The molecule has 11 heteroatoms. The number of aryl methyl sites for hydroxylation is 1. The van der Waals surface area contributed by atoms with Crippen LogP contribution in [0.3, 0.4) is 0 Å². The lowest BCUT2D eigenvalue weighted by Crippen LogP contribution is -2.33. The molecule has 0 bridgehead atoms. The number of benzene rings is 2. The Labute approximate surface area is 226 Å². The number of pyridine rings is 1. The SMILES string of the molecule is Cc1ccc(N2C(=O)[C@H](CC(C)(C)c3cccc(C(F)(F)F)n3)C[C@@H]2c2cccc(OC(F)(F)C(F)F)c2)cc1. The largest absolute Gasteiger partial charge is 0.461 e. The van der Waals surface area contributed by atoms with E-state index in [1.165, 1.54) is 29.2 Å². The van der Waals surface area contributed by atoms with Gasteiger partial charge in [-0.3, -0.25) is 4.79 Å². The van der Waals surface area contributed by atoms with E-state index < -0.39 is 47.5 Å². The maximum Gasteiger partial charge on any atom is 0.461 e. The number of hydrogen-bond acceptors (Lipinski definition) is 3. The van der Waals surface area contributed by atoms with E-state index in [9.17, 15) is 35.5 Å². The lowest BCUT2D eigenvalue weighted by atomic mass is 9.78. The Bertz CT molecular complexity index is 1360. The van der Waals surface area contributed by atoms with Gasteiger partial charge >= 0.3 is 18.7 Å². The van der Waals surface area contributed by atoms with E-state index in [-0.39, 0.29) is 24.4 Å². The number of rotatable bonds is 8. The van der Waals surface area contributed by atoms with Crippen molar-refractivity contribution in [3.63, 3.8) is 0 Å². The molecular weight excluding hydrogens is 541 g/mol. The molecule has 1 saturated heterocycles. The summed E-state index contributed by atoms with van der Waals surface area (Å²) in [5, 5.41) is 0. The number of hydrogen-bond donors (Lipinski definition) is 0. The molecule has 3 aromatic rings. The van der Waals surface area contributed by atoms with Gasteiger partial charge in [-0.2, -0.15) is 30.7 Å². The molecule has 214 valence electrons. The predicted molar refractivity (Wildman–Crippen MR) is 134 cm³/mol. The number of anilines is 1. The minimum absolute atomic E-state index is 0.151. The van der Waals surface area contributed by atoms with Crippen LogP contribution in [-0.4, -0.2) is 23.4 Å². The highest BCUT2D eigenvalue weighted by Crippen LogP contribution is 2.45. The number of ether oxygens (including phenoxy) is 1. The molecule has 2 heterocycles. The predicted octanol–water partition coefficient (Wildman–Crippen LogP) is 8.11. The quantitative estimate of drug-likeness (QED) is 0.258. The molecule has 0 unspecified atom stereocenters. The Morgan fingerprint density at radius 3 is 2.20 bits per heavy atom. The van der Waals surface area contributed by atoms with Crippen LogP contribution < -0.4 is 9.64 Å². The van der Waals surface area contributed by atoms with Crippen molar-refractivity contribution in [1.82, 2.24) is 4.98 Å². The van der Waals surface area contributed by atoms with Crippen LogP contribution in [0.2, 0.25) is 0 Å². The van der Waals surface area contributed by atoms with Gasteiger partial charge in [0.25, 0.3) is 0 Å². The van der Waals surface area contributed by atoms with Crippen molar-refractivity contribution in [2.24, 2.45) is 5.92 Å². The van der Waals surface area contributed by atoms with E-state index in [1.807, 2.05) is 6.92 Å². The third-order valence-electron chi connectivity index (χ3n) is 6.96. The molecule has 40 heavy (non-hydrogen) atoms.